The molecule has 0 bridgehead atoms. The van der Waals surface area contributed by atoms with Crippen LogP contribution < -0.4 is 22.1 Å². The van der Waals surface area contributed by atoms with E-state index in [1.54, 1.807) is 4.98 Å². The highest BCUT2D eigenvalue weighted by Gasteiger charge is 2.43. The van der Waals surface area contributed by atoms with Gasteiger partial charge in [-0.3, -0.25) is 28.9 Å². The zero-order valence-electron chi connectivity index (χ0n) is 18.2. The molecule has 5 atom stereocenters. The van der Waals surface area contributed by atoms with Gasteiger partial charge in [-0.25, -0.2) is 9.59 Å². The van der Waals surface area contributed by atoms with E-state index in [2.05, 4.69) is 10.3 Å². The fourth-order valence-corrected chi connectivity index (χ4v) is 3.26. The van der Waals surface area contributed by atoms with Gasteiger partial charge in [-0.15, -0.1) is 0 Å². The summed E-state index contributed by atoms with van der Waals surface area (Å²) in [7, 11) is 0. The summed E-state index contributed by atoms with van der Waals surface area (Å²) in [6, 6.07) is 0. The maximum Gasteiger partial charge on any atom is 0.337 e. The number of aliphatic hydroxyl groups excluding tert-OH is 4. The number of aromatic nitrogens is 4. The van der Waals surface area contributed by atoms with E-state index in [0.717, 1.165) is 6.20 Å². The first-order valence-corrected chi connectivity index (χ1v) is 10.4. The Morgan fingerprint density at radius 2 is 1.81 bits per heavy atom. The number of aromatic amines is 3. The SMILES string of the molecule is O=C(O)C(O)c1c[nH]c(=O)[nH]c1=O.O=C(O)CNCc1cn([C@@H]2O[C@H](CO)[C@@H](O)[C@H]2O)c(=S)[nH]c1=O. The van der Waals surface area contributed by atoms with Crippen molar-refractivity contribution in [3.63, 3.8) is 0 Å². The van der Waals surface area contributed by atoms with Gasteiger partial charge in [0.1, 0.15) is 18.3 Å². The van der Waals surface area contributed by atoms with Crippen LogP contribution in [0.1, 0.15) is 23.5 Å². The number of carboxylic acid groups (broad SMARTS) is 2. The highest BCUT2D eigenvalue weighted by atomic mass is 32.1. The van der Waals surface area contributed by atoms with Crippen molar-refractivity contribution in [3.05, 3.63) is 59.5 Å². The quantitative estimate of drug-likeness (QED) is 0.144. The zero-order valence-corrected chi connectivity index (χ0v) is 19.0. The number of nitrogens with zero attached hydrogens (tertiary/aromatic N) is 1. The van der Waals surface area contributed by atoms with Crippen LogP contribution >= 0.6 is 12.2 Å². The van der Waals surface area contributed by atoms with E-state index in [1.165, 1.54) is 10.8 Å². The highest BCUT2D eigenvalue weighted by molar-refractivity contribution is 7.71. The summed E-state index contributed by atoms with van der Waals surface area (Å²) in [6.45, 7) is -0.854. The third kappa shape index (κ3) is 7.01. The summed E-state index contributed by atoms with van der Waals surface area (Å²) in [5.41, 5.74) is -2.41. The molecule has 17 nitrogen and oxygen atoms in total. The standard InChI is InChI=1S/C12H17N3O7S.C6H6N2O5/c16-4-6-8(19)9(20)11(22-6)15-3-5(1-13-2-7(17)18)10(21)14-12(15)23;9-3(5(11)12)2-1-7-6(13)8-4(2)10/h3,6,8-9,11,13,16,19-20H,1-2,4H2,(H,17,18)(H,14,21,23);1,3,9H,(H,11,12)(H2,7,8,10,13)/t6-,8-,9-,11-;/m1./s1. The molecule has 1 unspecified atom stereocenters. The molecule has 0 aromatic carbocycles. The smallest absolute Gasteiger partial charge is 0.337 e. The summed E-state index contributed by atoms with van der Waals surface area (Å²) in [6.07, 6.45) is -4.45. The van der Waals surface area contributed by atoms with Crippen molar-refractivity contribution in [2.24, 2.45) is 0 Å². The Balaban J connectivity index is 0.000000297. The van der Waals surface area contributed by atoms with Crippen molar-refractivity contribution in [2.45, 2.75) is 37.2 Å². The van der Waals surface area contributed by atoms with E-state index in [-0.39, 0.29) is 23.4 Å². The van der Waals surface area contributed by atoms with E-state index in [1.807, 2.05) is 4.98 Å². The average molecular weight is 533 g/mol. The van der Waals surface area contributed by atoms with E-state index in [4.69, 9.17) is 37.4 Å². The molecule has 0 radical (unpaired) electrons. The minimum Gasteiger partial charge on any atom is -0.480 e. The van der Waals surface area contributed by atoms with Crippen molar-refractivity contribution < 1.29 is 45.0 Å². The molecule has 0 spiro atoms. The summed E-state index contributed by atoms with van der Waals surface area (Å²) in [4.78, 5) is 60.2. The minimum absolute atomic E-state index is 0.0353. The second-order valence-corrected chi connectivity index (χ2v) is 7.70. The number of carboxylic acids is 2. The van der Waals surface area contributed by atoms with Crippen molar-refractivity contribution in [2.75, 3.05) is 13.2 Å². The van der Waals surface area contributed by atoms with Gasteiger partial charge in [-0.2, -0.15) is 0 Å². The Hall–Kier alpha value is -3.52. The number of carbonyl (C=O) groups is 2. The van der Waals surface area contributed by atoms with Crippen molar-refractivity contribution in [1.29, 1.82) is 0 Å². The second kappa shape index (κ2) is 12.4. The van der Waals surface area contributed by atoms with E-state index in [9.17, 15) is 34.2 Å². The molecule has 3 rings (SSSR count). The second-order valence-electron chi connectivity index (χ2n) is 7.32. The topological polar surface area (TPSA) is 280 Å². The van der Waals surface area contributed by atoms with Gasteiger partial charge in [0.15, 0.2) is 17.1 Å². The molecule has 2 aromatic heterocycles. The largest absolute Gasteiger partial charge is 0.480 e. The Kier molecular flexibility index (Phi) is 9.93. The predicted molar refractivity (Wildman–Crippen MR) is 119 cm³/mol. The van der Waals surface area contributed by atoms with E-state index in [0.29, 0.717) is 0 Å². The summed E-state index contributed by atoms with van der Waals surface area (Å²) in [5, 5.41) is 57.3. The molecule has 1 fully saturated rings. The van der Waals surface area contributed by atoms with Crippen LogP contribution in [0.4, 0.5) is 0 Å². The maximum absolute atomic E-state index is 11.8. The molecule has 198 valence electrons. The molecule has 1 aliphatic rings. The molecule has 2 aromatic rings. The van der Waals surface area contributed by atoms with E-state index >= 15 is 0 Å². The predicted octanol–water partition coefficient (Wildman–Crippen LogP) is -4.13. The number of nitrogens with one attached hydrogen (secondary N) is 4. The monoisotopic (exact) mass is 533 g/mol. The van der Waals surface area contributed by atoms with Crippen LogP contribution in [0, 0.1) is 4.77 Å². The molecule has 36 heavy (non-hydrogen) atoms. The lowest BCUT2D eigenvalue weighted by molar-refractivity contribution is -0.147. The lowest BCUT2D eigenvalue weighted by Gasteiger charge is -2.19. The van der Waals surface area contributed by atoms with Gasteiger partial charge in [0.25, 0.3) is 11.1 Å². The number of aliphatic hydroxyl groups is 4. The number of hydrogen-bond donors (Lipinski definition) is 10. The van der Waals surface area contributed by atoms with Crippen LogP contribution in [0.3, 0.4) is 0 Å². The average Bonchev–Trinajstić information content (AvgIpc) is 3.08. The molecular formula is C18H23N5O12S. The fourth-order valence-electron chi connectivity index (χ4n) is 3.01. The van der Waals surface area contributed by atoms with Gasteiger partial charge in [-0.05, 0) is 12.2 Å². The lowest BCUT2D eigenvalue weighted by atomic mass is 10.1. The highest BCUT2D eigenvalue weighted by Crippen LogP contribution is 2.29. The van der Waals surface area contributed by atoms with E-state index < -0.39 is 71.6 Å². The van der Waals surface area contributed by atoms with Crippen LogP contribution in [0.15, 0.2) is 26.8 Å². The molecule has 10 N–H and O–H groups in total. The van der Waals surface area contributed by atoms with Crippen molar-refractivity contribution in [1.82, 2.24) is 24.8 Å². The molecule has 3 heterocycles. The summed E-state index contributed by atoms with van der Waals surface area (Å²) >= 11 is 5.01. The molecule has 0 amide bonds. The van der Waals surface area contributed by atoms with Gasteiger partial charge in [-0.1, -0.05) is 0 Å². The zero-order chi connectivity index (χ0) is 27.2. The Morgan fingerprint density at radius 1 is 1.14 bits per heavy atom. The number of rotatable bonds is 8. The van der Waals surface area contributed by atoms with Gasteiger partial charge in [0.2, 0.25) is 0 Å². The van der Waals surface area contributed by atoms with Gasteiger partial charge >= 0.3 is 17.6 Å². The van der Waals surface area contributed by atoms with Gasteiger partial charge in [0.05, 0.1) is 18.7 Å². The van der Waals surface area contributed by atoms with Crippen LogP contribution in [0.5, 0.6) is 0 Å². The third-order valence-electron chi connectivity index (χ3n) is 4.80. The Labute approximate surface area is 204 Å². The first-order valence-electron chi connectivity index (χ1n) is 9.99. The van der Waals surface area contributed by atoms with Crippen LogP contribution in [0.25, 0.3) is 0 Å². The minimum atomic E-state index is -1.93. The number of H-pyrrole nitrogens is 3. The first-order chi connectivity index (χ1) is 16.9. The fraction of sp³-hybridized carbons (Fsp3) is 0.444. The molecule has 1 aliphatic heterocycles. The third-order valence-corrected chi connectivity index (χ3v) is 5.11. The summed E-state index contributed by atoms with van der Waals surface area (Å²) in [5.74, 6) is -2.63. The number of aliphatic carboxylic acids is 2. The maximum atomic E-state index is 11.8. The molecule has 0 saturated carbocycles. The van der Waals surface area contributed by atoms with Gasteiger partial charge < -0.3 is 45.7 Å². The normalized spacial score (nSPS) is 21.9. The van der Waals surface area contributed by atoms with Crippen LogP contribution in [-0.4, -0.2) is 93.6 Å². The Bertz CT molecular complexity index is 1320. The van der Waals surface area contributed by atoms with Crippen molar-refractivity contribution >= 4 is 24.2 Å². The molecule has 18 heteroatoms. The Morgan fingerprint density at radius 3 is 2.33 bits per heavy atom. The number of hydrogen-bond acceptors (Lipinski definition) is 12. The van der Waals surface area contributed by atoms with Crippen LogP contribution in [0.2, 0.25) is 0 Å². The molecular weight excluding hydrogens is 510 g/mol. The van der Waals surface area contributed by atoms with Gasteiger partial charge in [0, 0.05) is 24.5 Å². The van der Waals surface area contributed by atoms with Crippen molar-refractivity contribution in [3.8, 4) is 0 Å². The van der Waals surface area contributed by atoms with Crippen LogP contribution in [-0.2, 0) is 20.9 Å². The molecule has 1 saturated heterocycles. The first kappa shape index (κ1) is 28.7. The number of ether oxygens (including phenoxy) is 1. The molecule has 0 aliphatic carbocycles. The summed E-state index contributed by atoms with van der Waals surface area (Å²) < 4.78 is 6.56. The lowest BCUT2D eigenvalue weighted by Crippen LogP contribution is -2.34.